The number of benzene rings is 1. The maximum atomic E-state index is 12.2. The summed E-state index contributed by atoms with van der Waals surface area (Å²) in [6.45, 7) is 2.35. The van der Waals surface area contributed by atoms with Crippen LogP contribution in [0, 0.1) is 17.8 Å². The summed E-state index contributed by atoms with van der Waals surface area (Å²) in [5.74, 6) is 5.17. The summed E-state index contributed by atoms with van der Waals surface area (Å²) in [6, 6.07) is 6.44. The second-order valence-corrected chi connectivity index (χ2v) is 6.10. The van der Waals surface area contributed by atoms with Crippen LogP contribution in [0.3, 0.4) is 0 Å². The Hall–Kier alpha value is -1.39. The van der Waals surface area contributed by atoms with Crippen LogP contribution in [-0.2, 0) is 14.8 Å². The highest BCUT2D eigenvalue weighted by Gasteiger charge is 2.18. The lowest BCUT2D eigenvalue weighted by molar-refractivity contribution is 0.161. The van der Waals surface area contributed by atoms with E-state index >= 15 is 0 Å². The standard InChI is InChI=1S/C14H19NO4S/c1-12(11-19-2)10-15-20(17,18)14-8-4-3-6-13(14)7-5-9-16/h3-4,6,8,12,15-16H,9-11H2,1-2H3. The molecule has 6 heteroatoms. The third-order valence-electron chi connectivity index (χ3n) is 2.55. The first-order valence-corrected chi connectivity index (χ1v) is 7.67. The molecule has 2 N–H and O–H groups in total. The molecule has 1 rings (SSSR count). The molecule has 0 saturated heterocycles. The number of rotatable bonds is 6. The van der Waals surface area contributed by atoms with E-state index in [1.54, 1.807) is 25.3 Å². The van der Waals surface area contributed by atoms with Crippen LogP contribution in [0.15, 0.2) is 29.2 Å². The molecule has 0 amide bonds. The Labute approximate surface area is 120 Å². The molecule has 0 fully saturated rings. The van der Waals surface area contributed by atoms with Gasteiger partial charge in [0.05, 0.1) is 4.90 Å². The normalized spacial score (nSPS) is 12.6. The van der Waals surface area contributed by atoms with Gasteiger partial charge in [0, 0.05) is 25.8 Å². The second-order valence-electron chi connectivity index (χ2n) is 4.37. The van der Waals surface area contributed by atoms with Crippen molar-refractivity contribution < 1.29 is 18.3 Å². The first-order chi connectivity index (χ1) is 9.51. The number of hydrogen-bond acceptors (Lipinski definition) is 4. The number of hydrogen-bond donors (Lipinski definition) is 2. The lowest BCUT2D eigenvalue weighted by Gasteiger charge is -2.12. The Morgan fingerprint density at radius 1 is 1.40 bits per heavy atom. The van der Waals surface area contributed by atoms with Gasteiger partial charge in [-0.2, -0.15) is 0 Å². The average molecular weight is 297 g/mol. The Bertz CT molecular complexity index is 587. The largest absolute Gasteiger partial charge is 0.384 e. The SMILES string of the molecule is COCC(C)CNS(=O)(=O)c1ccccc1C#CCO. The molecule has 0 heterocycles. The third kappa shape index (κ3) is 4.94. The Morgan fingerprint density at radius 3 is 2.75 bits per heavy atom. The molecule has 1 atom stereocenters. The van der Waals surface area contributed by atoms with Gasteiger partial charge in [-0.3, -0.25) is 0 Å². The second kappa shape index (κ2) is 8.02. The van der Waals surface area contributed by atoms with Crippen LogP contribution in [0.2, 0.25) is 0 Å². The van der Waals surface area contributed by atoms with Crippen LogP contribution in [0.25, 0.3) is 0 Å². The van der Waals surface area contributed by atoms with Gasteiger partial charge in [0.2, 0.25) is 10.0 Å². The van der Waals surface area contributed by atoms with Crippen LogP contribution in [-0.4, -0.2) is 40.4 Å². The summed E-state index contributed by atoms with van der Waals surface area (Å²) in [7, 11) is -2.05. The molecule has 5 nitrogen and oxygen atoms in total. The van der Waals surface area contributed by atoms with Gasteiger partial charge in [0.15, 0.2) is 0 Å². The highest BCUT2D eigenvalue weighted by atomic mass is 32.2. The number of nitrogens with one attached hydrogen (secondary N) is 1. The van der Waals surface area contributed by atoms with Crippen molar-refractivity contribution in [3.63, 3.8) is 0 Å². The van der Waals surface area contributed by atoms with E-state index in [0.717, 1.165) is 0 Å². The number of aliphatic hydroxyl groups excluding tert-OH is 1. The van der Waals surface area contributed by atoms with Crippen LogP contribution in [0.4, 0.5) is 0 Å². The quantitative estimate of drug-likeness (QED) is 0.754. The molecule has 1 aromatic carbocycles. The lowest BCUT2D eigenvalue weighted by atomic mass is 10.2. The van der Waals surface area contributed by atoms with Crippen molar-refractivity contribution in [3.8, 4) is 11.8 Å². The summed E-state index contributed by atoms with van der Waals surface area (Å²) in [4.78, 5) is 0.116. The zero-order valence-corrected chi connectivity index (χ0v) is 12.4. The van der Waals surface area contributed by atoms with E-state index in [-0.39, 0.29) is 24.0 Å². The van der Waals surface area contributed by atoms with Crippen molar-refractivity contribution in [1.29, 1.82) is 0 Å². The van der Waals surface area contributed by atoms with Gasteiger partial charge in [0.25, 0.3) is 0 Å². The van der Waals surface area contributed by atoms with Crippen LogP contribution < -0.4 is 4.72 Å². The molecule has 0 saturated carbocycles. The van der Waals surface area contributed by atoms with Crippen molar-refractivity contribution in [1.82, 2.24) is 4.72 Å². The molecule has 0 radical (unpaired) electrons. The van der Waals surface area contributed by atoms with Crippen molar-refractivity contribution in [2.24, 2.45) is 5.92 Å². The molecule has 0 aliphatic heterocycles. The Balaban J connectivity index is 2.92. The van der Waals surface area contributed by atoms with E-state index in [1.807, 2.05) is 6.92 Å². The van der Waals surface area contributed by atoms with Gasteiger partial charge >= 0.3 is 0 Å². The van der Waals surface area contributed by atoms with E-state index in [2.05, 4.69) is 16.6 Å². The Morgan fingerprint density at radius 2 is 2.10 bits per heavy atom. The topological polar surface area (TPSA) is 75.6 Å². The number of methoxy groups -OCH3 is 1. The molecule has 110 valence electrons. The molecular formula is C14H19NO4S. The van der Waals surface area contributed by atoms with Crippen molar-refractivity contribution >= 4 is 10.0 Å². The minimum atomic E-state index is -3.62. The highest BCUT2D eigenvalue weighted by Crippen LogP contribution is 2.14. The molecule has 0 aliphatic rings. The highest BCUT2D eigenvalue weighted by molar-refractivity contribution is 7.89. The fourth-order valence-corrected chi connectivity index (χ4v) is 2.94. The fraction of sp³-hybridized carbons (Fsp3) is 0.429. The third-order valence-corrected chi connectivity index (χ3v) is 4.03. The first-order valence-electron chi connectivity index (χ1n) is 6.18. The zero-order valence-electron chi connectivity index (χ0n) is 11.6. The minimum absolute atomic E-state index is 0.0745. The van der Waals surface area contributed by atoms with Gasteiger partial charge in [-0.05, 0) is 18.1 Å². The Kier molecular flexibility index (Phi) is 6.68. The summed E-state index contributed by atoms with van der Waals surface area (Å²) < 4.78 is 32.0. The minimum Gasteiger partial charge on any atom is -0.384 e. The van der Waals surface area contributed by atoms with Crippen molar-refractivity contribution in [2.75, 3.05) is 26.9 Å². The maximum Gasteiger partial charge on any atom is 0.241 e. The van der Waals surface area contributed by atoms with Crippen LogP contribution >= 0.6 is 0 Å². The fourth-order valence-electron chi connectivity index (χ4n) is 1.61. The number of aliphatic hydroxyl groups is 1. The molecule has 1 aromatic rings. The van der Waals surface area contributed by atoms with Gasteiger partial charge in [0.1, 0.15) is 6.61 Å². The van der Waals surface area contributed by atoms with Gasteiger partial charge in [-0.15, -0.1) is 0 Å². The molecule has 0 aromatic heterocycles. The van der Waals surface area contributed by atoms with Crippen molar-refractivity contribution in [3.05, 3.63) is 29.8 Å². The summed E-state index contributed by atoms with van der Waals surface area (Å²) in [5.41, 5.74) is 0.369. The number of sulfonamides is 1. The maximum absolute atomic E-state index is 12.2. The molecular weight excluding hydrogens is 278 g/mol. The summed E-state index contributed by atoms with van der Waals surface area (Å²) >= 11 is 0. The molecule has 0 bridgehead atoms. The van der Waals surface area contributed by atoms with Gasteiger partial charge in [-0.1, -0.05) is 30.9 Å². The van der Waals surface area contributed by atoms with E-state index in [4.69, 9.17) is 9.84 Å². The zero-order chi connectivity index (χ0) is 15.0. The van der Waals surface area contributed by atoms with E-state index in [9.17, 15) is 8.42 Å². The van der Waals surface area contributed by atoms with Gasteiger partial charge < -0.3 is 9.84 Å². The molecule has 20 heavy (non-hydrogen) atoms. The van der Waals surface area contributed by atoms with E-state index in [1.165, 1.54) is 6.07 Å². The monoisotopic (exact) mass is 297 g/mol. The average Bonchev–Trinajstić information content (AvgIpc) is 2.44. The predicted molar refractivity (Wildman–Crippen MR) is 76.6 cm³/mol. The van der Waals surface area contributed by atoms with Crippen molar-refractivity contribution in [2.45, 2.75) is 11.8 Å². The number of ether oxygens (including phenoxy) is 1. The molecule has 0 aliphatic carbocycles. The van der Waals surface area contributed by atoms with E-state index < -0.39 is 10.0 Å². The molecule has 0 spiro atoms. The van der Waals surface area contributed by atoms with Crippen LogP contribution in [0.5, 0.6) is 0 Å². The smallest absolute Gasteiger partial charge is 0.241 e. The lowest BCUT2D eigenvalue weighted by Crippen LogP contribution is -2.30. The van der Waals surface area contributed by atoms with E-state index in [0.29, 0.717) is 12.2 Å². The summed E-state index contributed by atoms with van der Waals surface area (Å²) in [6.07, 6.45) is 0. The first kappa shape index (κ1) is 16.7. The van der Waals surface area contributed by atoms with Gasteiger partial charge in [-0.25, -0.2) is 13.1 Å². The molecule has 1 unspecified atom stereocenters. The van der Waals surface area contributed by atoms with Crippen LogP contribution in [0.1, 0.15) is 12.5 Å². The predicted octanol–water partition coefficient (Wildman–Crippen LogP) is 0.591. The summed E-state index contributed by atoms with van der Waals surface area (Å²) in [5, 5.41) is 8.70.